The largest absolute Gasteiger partial charge is 0.383 e. The fourth-order valence-electron chi connectivity index (χ4n) is 1.44. The average Bonchev–Trinajstić information content (AvgIpc) is 2.26. The van der Waals surface area contributed by atoms with Crippen molar-refractivity contribution in [3.8, 4) is 0 Å². The van der Waals surface area contributed by atoms with Crippen LogP contribution in [0.2, 0.25) is 0 Å². The summed E-state index contributed by atoms with van der Waals surface area (Å²) in [4.78, 5) is 11.9. The van der Waals surface area contributed by atoms with Gasteiger partial charge in [-0.05, 0) is 6.07 Å². The molecule has 1 aromatic rings. The van der Waals surface area contributed by atoms with Crippen LogP contribution >= 0.6 is 0 Å². The standard InChI is InChI=1S/C12H21N3O2/c1-12(2,3)10-7-9(8-13)11(16)15(14-10)5-6-17-4/h7H,5-6,8,13H2,1-4H3. The molecule has 1 rings (SSSR count). The van der Waals surface area contributed by atoms with Crippen molar-refractivity contribution in [2.75, 3.05) is 13.7 Å². The molecule has 1 aromatic heterocycles. The molecule has 5 nitrogen and oxygen atoms in total. The minimum Gasteiger partial charge on any atom is -0.383 e. The Labute approximate surface area is 102 Å². The lowest BCUT2D eigenvalue weighted by molar-refractivity contribution is 0.181. The van der Waals surface area contributed by atoms with Crippen molar-refractivity contribution >= 4 is 0 Å². The molecule has 2 N–H and O–H groups in total. The highest BCUT2D eigenvalue weighted by Gasteiger charge is 2.18. The molecule has 0 atom stereocenters. The quantitative estimate of drug-likeness (QED) is 0.837. The molecular formula is C12H21N3O2. The summed E-state index contributed by atoms with van der Waals surface area (Å²) in [6.45, 7) is 7.32. The van der Waals surface area contributed by atoms with Crippen molar-refractivity contribution in [3.63, 3.8) is 0 Å². The highest BCUT2D eigenvalue weighted by molar-refractivity contribution is 5.19. The maximum Gasteiger partial charge on any atom is 0.271 e. The van der Waals surface area contributed by atoms with Crippen LogP contribution in [0.4, 0.5) is 0 Å². The number of hydrogen-bond acceptors (Lipinski definition) is 4. The van der Waals surface area contributed by atoms with Gasteiger partial charge in [0.2, 0.25) is 0 Å². The molecule has 0 fully saturated rings. The van der Waals surface area contributed by atoms with Gasteiger partial charge in [-0.2, -0.15) is 5.10 Å². The summed E-state index contributed by atoms with van der Waals surface area (Å²) in [6, 6.07) is 1.80. The van der Waals surface area contributed by atoms with Crippen molar-refractivity contribution in [2.45, 2.75) is 39.3 Å². The molecule has 96 valence electrons. The SMILES string of the molecule is COCCn1nc(C(C)(C)C)cc(CN)c1=O. The molecule has 0 bridgehead atoms. The van der Waals surface area contributed by atoms with Crippen LogP contribution < -0.4 is 11.3 Å². The number of ether oxygens (including phenoxy) is 1. The van der Waals surface area contributed by atoms with Crippen LogP contribution in [0.5, 0.6) is 0 Å². The molecule has 5 heteroatoms. The zero-order chi connectivity index (χ0) is 13.1. The van der Waals surface area contributed by atoms with E-state index in [0.717, 1.165) is 5.69 Å². The van der Waals surface area contributed by atoms with Crippen molar-refractivity contribution < 1.29 is 4.74 Å². The summed E-state index contributed by atoms with van der Waals surface area (Å²) in [5.74, 6) is 0. The second-order valence-corrected chi connectivity index (χ2v) is 5.03. The van der Waals surface area contributed by atoms with Crippen LogP contribution in [0, 0.1) is 0 Å². The van der Waals surface area contributed by atoms with Crippen molar-refractivity contribution in [3.05, 3.63) is 27.7 Å². The second kappa shape index (κ2) is 5.42. The maximum absolute atomic E-state index is 11.9. The van der Waals surface area contributed by atoms with Crippen LogP contribution in [0.25, 0.3) is 0 Å². The first kappa shape index (κ1) is 13.9. The molecule has 0 saturated carbocycles. The molecule has 0 radical (unpaired) electrons. The van der Waals surface area contributed by atoms with Gasteiger partial charge in [0, 0.05) is 24.6 Å². The van der Waals surface area contributed by atoms with Gasteiger partial charge in [-0.3, -0.25) is 4.79 Å². The highest BCUT2D eigenvalue weighted by atomic mass is 16.5. The van der Waals surface area contributed by atoms with Gasteiger partial charge >= 0.3 is 0 Å². The average molecular weight is 239 g/mol. The Kier molecular flexibility index (Phi) is 4.42. The van der Waals surface area contributed by atoms with Gasteiger partial charge in [0.1, 0.15) is 0 Å². The van der Waals surface area contributed by atoms with Gasteiger partial charge in [-0.1, -0.05) is 20.8 Å². The van der Waals surface area contributed by atoms with Gasteiger partial charge in [0.05, 0.1) is 18.8 Å². The van der Waals surface area contributed by atoms with Gasteiger partial charge in [-0.15, -0.1) is 0 Å². The van der Waals surface area contributed by atoms with Crippen LogP contribution in [0.3, 0.4) is 0 Å². The van der Waals surface area contributed by atoms with Crippen molar-refractivity contribution in [1.29, 1.82) is 0 Å². The van der Waals surface area contributed by atoms with Crippen LogP contribution in [-0.4, -0.2) is 23.5 Å². The molecule has 0 unspecified atom stereocenters. The zero-order valence-electron chi connectivity index (χ0n) is 11.0. The first-order valence-corrected chi connectivity index (χ1v) is 5.70. The van der Waals surface area contributed by atoms with Gasteiger partial charge in [0.15, 0.2) is 0 Å². The van der Waals surface area contributed by atoms with E-state index in [1.165, 1.54) is 4.68 Å². The van der Waals surface area contributed by atoms with Crippen LogP contribution in [0.15, 0.2) is 10.9 Å². The predicted octanol–water partition coefficient (Wildman–Crippen LogP) is 0.646. The van der Waals surface area contributed by atoms with E-state index in [1.807, 2.05) is 0 Å². The summed E-state index contributed by atoms with van der Waals surface area (Å²) in [6.07, 6.45) is 0. The number of nitrogens with zero attached hydrogens (tertiary/aromatic N) is 2. The van der Waals surface area contributed by atoms with E-state index in [2.05, 4.69) is 25.9 Å². The lowest BCUT2D eigenvalue weighted by Gasteiger charge is -2.19. The van der Waals surface area contributed by atoms with Gasteiger partial charge in [0.25, 0.3) is 5.56 Å². The Morgan fingerprint density at radius 1 is 1.47 bits per heavy atom. The van der Waals surface area contributed by atoms with E-state index in [-0.39, 0.29) is 17.5 Å². The summed E-state index contributed by atoms with van der Waals surface area (Å²) in [5, 5.41) is 4.36. The van der Waals surface area contributed by atoms with Crippen LogP contribution in [-0.2, 0) is 23.2 Å². The molecule has 0 aromatic carbocycles. The Morgan fingerprint density at radius 3 is 2.59 bits per heavy atom. The fourth-order valence-corrected chi connectivity index (χ4v) is 1.44. The van der Waals surface area contributed by atoms with Crippen LogP contribution in [0.1, 0.15) is 32.0 Å². The number of methoxy groups -OCH3 is 1. The van der Waals surface area contributed by atoms with Gasteiger partial charge in [-0.25, -0.2) is 4.68 Å². The van der Waals surface area contributed by atoms with Crippen molar-refractivity contribution in [2.24, 2.45) is 5.73 Å². The zero-order valence-corrected chi connectivity index (χ0v) is 11.0. The predicted molar refractivity (Wildman–Crippen MR) is 67.0 cm³/mol. The third-order valence-electron chi connectivity index (χ3n) is 2.54. The monoisotopic (exact) mass is 239 g/mol. The van der Waals surface area contributed by atoms with Gasteiger partial charge < -0.3 is 10.5 Å². The lowest BCUT2D eigenvalue weighted by atomic mass is 9.91. The molecular weight excluding hydrogens is 218 g/mol. The topological polar surface area (TPSA) is 70.1 Å². The van der Waals surface area contributed by atoms with E-state index in [9.17, 15) is 4.79 Å². The molecule has 17 heavy (non-hydrogen) atoms. The summed E-state index contributed by atoms with van der Waals surface area (Å²) < 4.78 is 6.41. The third kappa shape index (κ3) is 3.38. The molecule has 0 aliphatic rings. The van der Waals surface area contributed by atoms with E-state index in [4.69, 9.17) is 10.5 Å². The Balaban J connectivity index is 3.24. The number of hydrogen-bond donors (Lipinski definition) is 1. The molecule has 0 amide bonds. The second-order valence-electron chi connectivity index (χ2n) is 5.03. The first-order valence-electron chi connectivity index (χ1n) is 5.70. The van der Waals surface area contributed by atoms with Crippen molar-refractivity contribution in [1.82, 2.24) is 9.78 Å². The minimum atomic E-state index is -0.127. The third-order valence-corrected chi connectivity index (χ3v) is 2.54. The Bertz CT molecular complexity index is 432. The summed E-state index contributed by atoms with van der Waals surface area (Å²) in [7, 11) is 1.60. The molecule has 0 aliphatic heterocycles. The number of nitrogens with two attached hydrogens (primary N) is 1. The minimum absolute atomic E-state index is 0.105. The Hall–Kier alpha value is -1.20. The smallest absolute Gasteiger partial charge is 0.271 e. The number of rotatable bonds is 4. The summed E-state index contributed by atoms with van der Waals surface area (Å²) >= 11 is 0. The van der Waals surface area contributed by atoms with E-state index >= 15 is 0 Å². The normalized spacial score (nSPS) is 11.8. The van der Waals surface area contributed by atoms with E-state index in [0.29, 0.717) is 18.7 Å². The summed E-state index contributed by atoms with van der Waals surface area (Å²) in [5.41, 5.74) is 6.82. The molecule has 1 heterocycles. The first-order chi connectivity index (χ1) is 7.90. The number of aromatic nitrogens is 2. The lowest BCUT2D eigenvalue weighted by Crippen LogP contribution is -2.32. The molecule has 0 spiro atoms. The Morgan fingerprint density at radius 2 is 2.12 bits per heavy atom. The van der Waals surface area contributed by atoms with E-state index in [1.54, 1.807) is 13.2 Å². The fraction of sp³-hybridized carbons (Fsp3) is 0.667. The highest BCUT2D eigenvalue weighted by Crippen LogP contribution is 2.19. The molecule has 0 saturated heterocycles. The van der Waals surface area contributed by atoms with E-state index < -0.39 is 0 Å². The molecule has 0 aliphatic carbocycles. The maximum atomic E-state index is 11.9.